The minimum Gasteiger partial charge on any atom is -0.497 e. The Bertz CT molecular complexity index is 1630. The molecular formula is C36H43N3O6Si. The van der Waals surface area contributed by atoms with Crippen LogP contribution in [0.15, 0.2) is 72.8 Å². The molecule has 0 aliphatic carbocycles. The first-order chi connectivity index (χ1) is 22.0. The summed E-state index contributed by atoms with van der Waals surface area (Å²) in [5.41, 5.74) is 1.82. The quantitative estimate of drug-likeness (QED) is 0.265. The van der Waals surface area contributed by atoms with Crippen molar-refractivity contribution in [3.63, 3.8) is 0 Å². The molecule has 0 bridgehead atoms. The highest BCUT2D eigenvalue weighted by molar-refractivity contribution is 6.91. The molecule has 46 heavy (non-hydrogen) atoms. The molecule has 0 unspecified atom stereocenters. The lowest BCUT2D eigenvalue weighted by atomic mass is 9.82. The van der Waals surface area contributed by atoms with Crippen molar-refractivity contribution < 1.29 is 29.0 Å². The van der Waals surface area contributed by atoms with E-state index in [9.17, 15) is 19.5 Å². The number of hydrogen-bond acceptors (Lipinski definition) is 6. The summed E-state index contributed by atoms with van der Waals surface area (Å²) >= 11 is 0. The number of aliphatic hydroxyl groups excluding tert-OH is 1. The van der Waals surface area contributed by atoms with Crippen molar-refractivity contribution in [3.8, 4) is 5.75 Å². The lowest BCUT2D eigenvalue weighted by molar-refractivity contribution is -0.149. The molecule has 2 saturated heterocycles. The van der Waals surface area contributed by atoms with Crippen LogP contribution in [0, 0.1) is 5.92 Å². The predicted octanol–water partition coefficient (Wildman–Crippen LogP) is 4.04. The van der Waals surface area contributed by atoms with Crippen molar-refractivity contribution in [2.24, 2.45) is 5.92 Å². The van der Waals surface area contributed by atoms with Crippen LogP contribution in [0.1, 0.15) is 30.9 Å². The largest absolute Gasteiger partial charge is 0.497 e. The van der Waals surface area contributed by atoms with Crippen molar-refractivity contribution in [1.82, 2.24) is 4.90 Å². The summed E-state index contributed by atoms with van der Waals surface area (Å²) in [5, 5.41) is 11.1. The van der Waals surface area contributed by atoms with E-state index in [2.05, 4.69) is 32.2 Å². The van der Waals surface area contributed by atoms with Crippen LogP contribution in [0.3, 0.4) is 0 Å². The molecule has 9 nitrogen and oxygen atoms in total. The van der Waals surface area contributed by atoms with Crippen LogP contribution >= 0.6 is 0 Å². The lowest BCUT2D eigenvalue weighted by Crippen LogP contribution is -2.52. The number of ether oxygens (including phenoxy) is 2. The van der Waals surface area contributed by atoms with Crippen molar-refractivity contribution in [1.29, 1.82) is 0 Å². The van der Waals surface area contributed by atoms with E-state index in [4.69, 9.17) is 9.47 Å². The van der Waals surface area contributed by atoms with Crippen molar-refractivity contribution in [2.75, 3.05) is 43.7 Å². The normalized spacial score (nSPS) is 23.9. The molecule has 3 aromatic rings. The van der Waals surface area contributed by atoms with Crippen molar-refractivity contribution in [3.05, 3.63) is 83.9 Å². The number of anilines is 2. The Morgan fingerprint density at radius 1 is 1.09 bits per heavy atom. The summed E-state index contributed by atoms with van der Waals surface area (Å²) < 4.78 is 12.5. The van der Waals surface area contributed by atoms with Gasteiger partial charge in [0.05, 0.1) is 40.0 Å². The number of benzene rings is 3. The summed E-state index contributed by atoms with van der Waals surface area (Å²) in [6.45, 7) is 7.71. The number of methoxy groups -OCH3 is 1. The molecule has 3 amide bonds. The zero-order valence-corrected chi connectivity index (χ0v) is 28.2. The molecule has 1 spiro atoms. The second-order valence-corrected chi connectivity index (χ2v) is 17.9. The number of β-lactam (4-membered cyclic amide) rings is 1. The predicted molar refractivity (Wildman–Crippen MR) is 180 cm³/mol. The Morgan fingerprint density at radius 3 is 2.41 bits per heavy atom. The molecule has 4 atom stereocenters. The van der Waals surface area contributed by atoms with E-state index in [0.717, 1.165) is 28.3 Å². The van der Waals surface area contributed by atoms with Crippen LogP contribution in [0.2, 0.25) is 18.6 Å². The van der Waals surface area contributed by atoms with E-state index in [0.29, 0.717) is 19.5 Å². The number of carbonyl (C=O) groups is 3. The van der Waals surface area contributed by atoms with Crippen LogP contribution in [0.4, 0.5) is 11.4 Å². The zero-order valence-electron chi connectivity index (χ0n) is 27.2. The zero-order chi connectivity index (χ0) is 32.8. The summed E-state index contributed by atoms with van der Waals surface area (Å²) in [7, 11) is 0.964. The molecule has 3 aliphatic rings. The average Bonchev–Trinajstić information content (AvgIpc) is 3.46. The Balaban J connectivity index is 1.42. The van der Waals surface area contributed by atoms with Crippen LogP contribution in [0.5, 0.6) is 5.75 Å². The highest BCUT2D eigenvalue weighted by Gasteiger charge is 2.66. The second kappa shape index (κ2) is 12.3. The molecule has 2 fully saturated rings. The molecule has 242 valence electrons. The van der Waals surface area contributed by atoms with Gasteiger partial charge >= 0.3 is 0 Å². The highest BCUT2D eigenvalue weighted by Crippen LogP contribution is 2.60. The third-order valence-electron chi connectivity index (χ3n) is 10.4. The smallest absolute Gasteiger partial charge is 0.264 e. The fourth-order valence-electron chi connectivity index (χ4n) is 7.88. The van der Waals surface area contributed by atoms with Crippen molar-refractivity contribution in [2.45, 2.75) is 56.7 Å². The first-order valence-corrected chi connectivity index (χ1v) is 19.1. The third-order valence-corrected chi connectivity index (χ3v) is 14.8. The number of aliphatic hydroxyl groups is 1. The van der Waals surface area contributed by atoms with E-state index >= 15 is 0 Å². The molecule has 0 aromatic heterocycles. The maximum absolute atomic E-state index is 14.4. The number of carbonyl (C=O) groups excluding carboxylic acids is 3. The molecule has 0 saturated carbocycles. The van der Waals surface area contributed by atoms with E-state index in [-0.39, 0.29) is 48.8 Å². The maximum Gasteiger partial charge on any atom is 0.264 e. The number of rotatable bonds is 10. The van der Waals surface area contributed by atoms with Gasteiger partial charge in [-0.1, -0.05) is 67.7 Å². The maximum atomic E-state index is 14.4. The summed E-state index contributed by atoms with van der Waals surface area (Å²) in [6.07, 6.45) is 0.0305. The van der Waals surface area contributed by atoms with Gasteiger partial charge in [-0.3, -0.25) is 14.4 Å². The first kappa shape index (κ1) is 32.0. The number of hydrogen-bond donors (Lipinski definition) is 1. The monoisotopic (exact) mass is 641 g/mol. The van der Waals surface area contributed by atoms with Gasteiger partial charge in [-0.25, -0.2) is 0 Å². The van der Waals surface area contributed by atoms with Gasteiger partial charge < -0.3 is 29.3 Å². The van der Waals surface area contributed by atoms with Gasteiger partial charge in [0.25, 0.3) is 5.91 Å². The molecule has 3 aliphatic heterocycles. The van der Waals surface area contributed by atoms with Gasteiger partial charge in [-0.15, -0.1) is 0 Å². The number of fused-ring (bicyclic) bond motifs is 2. The van der Waals surface area contributed by atoms with Crippen LogP contribution in [-0.4, -0.2) is 75.8 Å². The third kappa shape index (κ3) is 5.22. The van der Waals surface area contributed by atoms with Gasteiger partial charge in [0.2, 0.25) is 11.8 Å². The molecular weight excluding hydrogens is 598 g/mol. The second-order valence-electron chi connectivity index (χ2n) is 13.2. The van der Waals surface area contributed by atoms with E-state index in [1.165, 1.54) is 5.19 Å². The van der Waals surface area contributed by atoms with Gasteiger partial charge in [-0.2, -0.15) is 0 Å². The molecule has 6 rings (SSSR count). The van der Waals surface area contributed by atoms with Gasteiger partial charge in [0.1, 0.15) is 5.75 Å². The average molecular weight is 642 g/mol. The van der Waals surface area contributed by atoms with Gasteiger partial charge in [0, 0.05) is 50.3 Å². The summed E-state index contributed by atoms with van der Waals surface area (Å²) in [5.74, 6) is 0.271. The van der Waals surface area contributed by atoms with Gasteiger partial charge in [-0.05, 0) is 41.4 Å². The molecule has 1 N–H and O–H groups in total. The van der Waals surface area contributed by atoms with Gasteiger partial charge in [0.15, 0.2) is 5.60 Å². The van der Waals surface area contributed by atoms with E-state index in [1.54, 1.807) is 28.9 Å². The molecule has 0 radical (unpaired) electrons. The topological polar surface area (TPSA) is 99.6 Å². The van der Waals surface area contributed by atoms with Crippen LogP contribution in [-0.2, 0) is 31.3 Å². The molecule has 3 heterocycles. The Labute approximate surface area is 271 Å². The molecule has 3 aromatic carbocycles. The van der Waals surface area contributed by atoms with Crippen LogP contribution in [0.25, 0.3) is 0 Å². The number of nitrogens with zero attached hydrogens (tertiary/aromatic N) is 3. The summed E-state index contributed by atoms with van der Waals surface area (Å²) in [4.78, 5) is 46.0. The number of likely N-dealkylation sites (N-methyl/N-ethyl adjacent to an activating group) is 1. The first-order valence-electron chi connectivity index (χ1n) is 16.0. The fraction of sp³-hybridized carbons (Fsp3) is 0.417. The molecule has 10 heteroatoms. The van der Waals surface area contributed by atoms with Crippen molar-refractivity contribution >= 4 is 42.4 Å². The van der Waals surface area contributed by atoms with E-state index in [1.807, 2.05) is 60.7 Å². The standard InChI is InChI=1S/C36H43N3O6Si/c1-24-34(46(4,5)28-14-12-27(44-3)13-15-28)31(22-33(42)38(19-20-40)23-25-9-7-6-8-10-25)45-36(24)29-21-26(39-18-17-32(39)41)11-16-30(29)37(2)35(36)43/h6-16,21,24,31,34,40H,17-20,22-23H2,1-5H3/t24-,31+,34-,36+/m1/s1. The Kier molecular flexibility index (Phi) is 8.56. The Hall–Kier alpha value is -3.99. The van der Waals surface area contributed by atoms with Crippen LogP contribution < -0.4 is 19.7 Å². The highest BCUT2D eigenvalue weighted by atomic mass is 28.3. The lowest BCUT2D eigenvalue weighted by Gasteiger charge is -2.37. The number of amides is 3. The van der Waals surface area contributed by atoms with E-state index < -0.39 is 19.8 Å². The fourth-order valence-corrected chi connectivity index (χ4v) is 11.9. The SMILES string of the molecule is COc1ccc([Si](C)(C)[C@H]2[C@H](CC(=O)N(CCO)Cc3ccccc3)O[C@@]3(C(=O)N(C)c4ccc(N5CCC5=O)cc43)[C@@H]2C)cc1. The summed E-state index contributed by atoms with van der Waals surface area (Å²) in [6, 6.07) is 23.6. The minimum atomic E-state index is -2.45. The minimum absolute atomic E-state index is 0.0591. The Morgan fingerprint density at radius 2 is 1.80 bits per heavy atom.